The third-order valence-corrected chi connectivity index (χ3v) is 13.3. The fourth-order valence-electron chi connectivity index (χ4n) is 9.79. The first-order valence-corrected chi connectivity index (χ1v) is 18.3. The van der Waals surface area contributed by atoms with E-state index in [1.54, 1.807) is 0 Å². The van der Waals surface area contributed by atoms with Gasteiger partial charge in [0.2, 0.25) is 0 Å². The van der Waals surface area contributed by atoms with Gasteiger partial charge >= 0.3 is 13.8 Å². The molecule has 11 heteroatoms. The van der Waals surface area contributed by atoms with Crippen molar-refractivity contribution in [1.29, 1.82) is 0 Å². The molecular formula is C33H57O10P. The number of aliphatic hydroxyl groups is 4. The number of hydrogen-bond acceptors (Lipinski definition) is 8. The molecule has 10 nitrogen and oxygen atoms in total. The lowest BCUT2D eigenvalue weighted by molar-refractivity contribution is -0.164. The van der Waals surface area contributed by atoms with Crippen LogP contribution in [0, 0.1) is 46.3 Å². The van der Waals surface area contributed by atoms with E-state index >= 15 is 0 Å². The number of hydrogen-bond donors (Lipinski definition) is 6. The zero-order valence-corrected chi connectivity index (χ0v) is 28.1. The van der Waals surface area contributed by atoms with Crippen LogP contribution in [0.4, 0.5) is 0 Å². The maximum absolute atomic E-state index is 12.7. The van der Waals surface area contributed by atoms with E-state index < -0.39 is 50.9 Å². The van der Waals surface area contributed by atoms with Gasteiger partial charge in [0.05, 0.1) is 12.7 Å². The second-order valence-electron chi connectivity index (χ2n) is 15.4. The lowest BCUT2D eigenvalue weighted by atomic mass is 9.47. The van der Waals surface area contributed by atoms with Gasteiger partial charge < -0.3 is 30.4 Å². The summed E-state index contributed by atoms with van der Waals surface area (Å²) in [6, 6.07) is 0. The van der Waals surface area contributed by atoms with E-state index in [4.69, 9.17) is 14.2 Å². The van der Waals surface area contributed by atoms with Crippen LogP contribution in [0.5, 0.6) is 0 Å². The highest BCUT2D eigenvalue weighted by molar-refractivity contribution is 7.47. The Morgan fingerprint density at radius 3 is 2.36 bits per heavy atom. The van der Waals surface area contributed by atoms with Crippen LogP contribution in [0.1, 0.15) is 105 Å². The summed E-state index contributed by atoms with van der Waals surface area (Å²) >= 11 is 0. The molecule has 3 saturated carbocycles. The van der Waals surface area contributed by atoms with Crippen molar-refractivity contribution in [3.8, 4) is 0 Å². The van der Waals surface area contributed by atoms with Crippen LogP contribution in [-0.2, 0) is 18.4 Å². The van der Waals surface area contributed by atoms with E-state index in [-0.39, 0.29) is 5.41 Å². The van der Waals surface area contributed by atoms with E-state index in [2.05, 4.69) is 40.7 Å². The largest absolute Gasteiger partial charge is 0.479 e. The maximum atomic E-state index is 12.7. The molecule has 3 fully saturated rings. The fourth-order valence-corrected chi connectivity index (χ4v) is 10.7. The summed E-state index contributed by atoms with van der Waals surface area (Å²) in [6.07, 6.45) is 5.37. The molecule has 0 radical (unpaired) electrons. The standard InChI is InChI=1S/C33H57O10P/c1-19(2)7-6-8-20(3)24-11-12-25-23-10-9-21-17-22(13-15-32(21,4)26(23)14-16-33(24,25)5)43-44(40,41)42-18-27(34)28(35)29(36)30(37)31(38)39/h9,19-20,22-30,34-37H,6-8,10-18H2,1-5H3,(H,38,39)(H,40,41)/t20?,22-,23?,24+,25?,26?,27?,28?,29?,30?,32-,33+/m0/s1. The number of fused-ring (bicyclic) bond motifs is 5. The number of rotatable bonds is 14. The Kier molecular flexibility index (Phi) is 11.5. The molecule has 13 atom stereocenters. The minimum absolute atomic E-state index is 0.0345. The summed E-state index contributed by atoms with van der Waals surface area (Å²) in [6.45, 7) is 11.2. The van der Waals surface area contributed by atoms with E-state index in [1.165, 1.54) is 50.5 Å². The first-order chi connectivity index (χ1) is 20.5. The smallest absolute Gasteiger partial charge is 0.472 e. The molecule has 0 bridgehead atoms. The van der Waals surface area contributed by atoms with Gasteiger partial charge in [0.15, 0.2) is 6.10 Å². The lowest BCUT2D eigenvalue weighted by Crippen LogP contribution is -2.51. The molecule has 0 aromatic rings. The lowest BCUT2D eigenvalue weighted by Gasteiger charge is -2.58. The predicted octanol–water partition coefficient (Wildman–Crippen LogP) is 5.06. The summed E-state index contributed by atoms with van der Waals surface area (Å²) in [7, 11) is -4.64. The monoisotopic (exact) mass is 644 g/mol. The molecule has 0 aliphatic heterocycles. The van der Waals surface area contributed by atoms with Gasteiger partial charge in [0.25, 0.3) is 0 Å². The zero-order valence-electron chi connectivity index (χ0n) is 27.2. The van der Waals surface area contributed by atoms with Crippen molar-refractivity contribution in [3.63, 3.8) is 0 Å². The SMILES string of the molecule is CC(C)CCCC(C)[C@H]1CCC2C3CC=C4C[C@@H](OP(=O)(O)OCC(O)C(O)C(O)C(O)C(=O)O)CC[C@]4(C)C3CC[C@@]21C. The van der Waals surface area contributed by atoms with Crippen LogP contribution < -0.4 is 0 Å². The van der Waals surface area contributed by atoms with Crippen LogP contribution in [0.25, 0.3) is 0 Å². The van der Waals surface area contributed by atoms with Crippen LogP contribution in [0.2, 0.25) is 0 Å². The summed E-state index contributed by atoms with van der Waals surface area (Å²) in [5.41, 5.74) is 1.73. The van der Waals surface area contributed by atoms with E-state index in [1.807, 2.05) is 0 Å². The van der Waals surface area contributed by atoms with Crippen molar-refractivity contribution in [2.24, 2.45) is 46.3 Å². The summed E-state index contributed by atoms with van der Waals surface area (Å²) in [4.78, 5) is 21.2. The van der Waals surface area contributed by atoms with Crippen LogP contribution in [-0.4, -0.2) is 73.5 Å². The Morgan fingerprint density at radius 2 is 1.70 bits per heavy atom. The van der Waals surface area contributed by atoms with E-state index in [0.717, 1.165) is 36.5 Å². The molecule has 0 aromatic carbocycles. The average molecular weight is 645 g/mol. The summed E-state index contributed by atoms with van der Waals surface area (Å²) < 4.78 is 23.1. The van der Waals surface area contributed by atoms with Crippen molar-refractivity contribution < 1.29 is 48.8 Å². The van der Waals surface area contributed by atoms with Gasteiger partial charge in [-0.15, -0.1) is 0 Å². The normalized spacial score (nSPS) is 38.3. The molecule has 0 saturated heterocycles. The molecule has 4 aliphatic carbocycles. The highest BCUT2D eigenvalue weighted by Crippen LogP contribution is 2.67. The van der Waals surface area contributed by atoms with Gasteiger partial charge in [0.1, 0.15) is 18.3 Å². The van der Waals surface area contributed by atoms with Gasteiger partial charge in [-0.25, -0.2) is 9.36 Å². The third-order valence-electron chi connectivity index (χ3n) is 12.3. The minimum Gasteiger partial charge on any atom is -0.479 e. The number of aliphatic hydroxyl groups excluding tert-OH is 4. The molecule has 4 rings (SSSR count). The molecule has 0 aromatic heterocycles. The number of phosphoric ester groups is 1. The molecule has 9 unspecified atom stereocenters. The Bertz CT molecular complexity index is 1080. The quantitative estimate of drug-likeness (QED) is 0.111. The zero-order chi connectivity index (χ0) is 32.6. The second-order valence-corrected chi connectivity index (χ2v) is 16.8. The maximum Gasteiger partial charge on any atom is 0.472 e. The average Bonchev–Trinajstić information content (AvgIpc) is 3.31. The first-order valence-electron chi connectivity index (χ1n) is 16.8. The first kappa shape index (κ1) is 36.0. The van der Waals surface area contributed by atoms with Crippen molar-refractivity contribution >= 4 is 13.8 Å². The molecular weight excluding hydrogens is 587 g/mol. The molecule has 44 heavy (non-hydrogen) atoms. The second kappa shape index (κ2) is 14.1. The number of allylic oxidation sites excluding steroid dienone is 1. The number of carboxylic acid groups (broad SMARTS) is 1. The number of phosphoric acid groups is 1. The fraction of sp³-hybridized carbons (Fsp3) is 0.909. The van der Waals surface area contributed by atoms with Gasteiger partial charge in [-0.2, -0.15) is 0 Å². The van der Waals surface area contributed by atoms with Crippen LogP contribution in [0.3, 0.4) is 0 Å². The van der Waals surface area contributed by atoms with Crippen molar-refractivity contribution in [1.82, 2.24) is 0 Å². The molecule has 0 amide bonds. The molecule has 0 heterocycles. The molecule has 254 valence electrons. The van der Waals surface area contributed by atoms with Gasteiger partial charge in [-0.1, -0.05) is 65.5 Å². The topological polar surface area (TPSA) is 174 Å². The molecule has 4 aliphatic rings. The number of carbonyl (C=O) groups is 1. The summed E-state index contributed by atoms with van der Waals surface area (Å²) in [5, 5.41) is 47.8. The highest BCUT2D eigenvalue weighted by atomic mass is 31.2. The number of carboxylic acids is 1. The van der Waals surface area contributed by atoms with Gasteiger partial charge in [0, 0.05) is 0 Å². The highest BCUT2D eigenvalue weighted by Gasteiger charge is 2.59. The Hall–Kier alpha value is -0.840. The van der Waals surface area contributed by atoms with Gasteiger partial charge in [-0.3, -0.25) is 9.05 Å². The Labute approximate surface area is 262 Å². The third kappa shape index (κ3) is 7.49. The van der Waals surface area contributed by atoms with Crippen LogP contribution >= 0.6 is 7.82 Å². The van der Waals surface area contributed by atoms with E-state index in [9.17, 15) is 34.7 Å². The predicted molar refractivity (Wildman–Crippen MR) is 165 cm³/mol. The van der Waals surface area contributed by atoms with E-state index in [0.29, 0.717) is 30.1 Å². The molecule has 0 spiro atoms. The number of aliphatic carboxylic acids is 1. The summed E-state index contributed by atoms with van der Waals surface area (Å²) in [5.74, 6) is 2.55. The van der Waals surface area contributed by atoms with Crippen LogP contribution in [0.15, 0.2) is 11.6 Å². The van der Waals surface area contributed by atoms with Gasteiger partial charge in [-0.05, 0) is 97.7 Å². The minimum atomic E-state index is -4.64. The Balaban J connectivity index is 1.34. The van der Waals surface area contributed by atoms with Crippen molar-refractivity contribution in [2.45, 2.75) is 136 Å². The molecule has 6 N–H and O–H groups in total. The van der Waals surface area contributed by atoms with Crippen molar-refractivity contribution in [2.75, 3.05) is 6.61 Å². The van der Waals surface area contributed by atoms with Crippen molar-refractivity contribution in [3.05, 3.63) is 11.6 Å². The Morgan fingerprint density at radius 1 is 1.00 bits per heavy atom.